The van der Waals surface area contributed by atoms with Crippen molar-refractivity contribution in [3.8, 4) is 0 Å². The molecule has 1 fully saturated rings. The SMILES string of the molecule is NS(=O)(=O)Cc1cccc(Nc2ncnc(N3CCCC3CCc3ccccc3)n2)c1. The lowest BCUT2D eigenvalue weighted by Gasteiger charge is -2.24. The molecule has 0 aliphatic carbocycles. The van der Waals surface area contributed by atoms with Crippen LogP contribution in [0.5, 0.6) is 0 Å². The molecule has 31 heavy (non-hydrogen) atoms. The summed E-state index contributed by atoms with van der Waals surface area (Å²) in [6.45, 7) is 0.923. The Morgan fingerprint density at radius 3 is 2.68 bits per heavy atom. The summed E-state index contributed by atoms with van der Waals surface area (Å²) in [7, 11) is -3.59. The van der Waals surface area contributed by atoms with Crippen molar-refractivity contribution in [2.24, 2.45) is 5.14 Å². The van der Waals surface area contributed by atoms with Crippen molar-refractivity contribution in [1.82, 2.24) is 15.0 Å². The normalized spacial score (nSPS) is 16.4. The summed E-state index contributed by atoms with van der Waals surface area (Å²) >= 11 is 0. The minimum Gasteiger partial charge on any atom is -0.338 e. The first-order chi connectivity index (χ1) is 15.0. The number of hydrogen-bond donors (Lipinski definition) is 2. The number of nitrogens with two attached hydrogens (primary N) is 1. The van der Waals surface area contributed by atoms with Crippen LogP contribution < -0.4 is 15.4 Å². The van der Waals surface area contributed by atoms with Gasteiger partial charge in [-0.15, -0.1) is 0 Å². The molecule has 1 atom stereocenters. The molecule has 8 nitrogen and oxygen atoms in total. The van der Waals surface area contributed by atoms with Crippen molar-refractivity contribution in [2.75, 3.05) is 16.8 Å². The number of nitrogens with zero attached hydrogens (tertiary/aromatic N) is 4. The van der Waals surface area contributed by atoms with Crippen LogP contribution in [0.25, 0.3) is 0 Å². The molecule has 0 spiro atoms. The van der Waals surface area contributed by atoms with Crippen LogP contribution in [-0.2, 0) is 22.2 Å². The Morgan fingerprint density at radius 2 is 1.87 bits per heavy atom. The molecular formula is C22H26N6O2S. The Hall–Kier alpha value is -3.04. The first kappa shape index (κ1) is 21.2. The van der Waals surface area contributed by atoms with Gasteiger partial charge in [0.25, 0.3) is 0 Å². The van der Waals surface area contributed by atoms with Crippen LogP contribution in [0.1, 0.15) is 30.4 Å². The molecule has 1 aliphatic heterocycles. The average Bonchev–Trinajstić information content (AvgIpc) is 3.21. The van der Waals surface area contributed by atoms with Gasteiger partial charge in [0.15, 0.2) is 0 Å². The molecule has 0 bridgehead atoms. The Balaban J connectivity index is 1.45. The molecule has 0 radical (unpaired) electrons. The number of primary sulfonamides is 1. The van der Waals surface area contributed by atoms with Gasteiger partial charge in [-0.3, -0.25) is 0 Å². The maximum atomic E-state index is 11.4. The smallest absolute Gasteiger partial charge is 0.231 e. The lowest BCUT2D eigenvalue weighted by molar-refractivity contribution is 0.597. The van der Waals surface area contributed by atoms with Crippen molar-refractivity contribution in [3.05, 3.63) is 72.1 Å². The highest BCUT2D eigenvalue weighted by Gasteiger charge is 2.26. The third kappa shape index (κ3) is 5.99. The van der Waals surface area contributed by atoms with E-state index >= 15 is 0 Å². The molecule has 0 amide bonds. The summed E-state index contributed by atoms with van der Waals surface area (Å²) in [5, 5.41) is 8.29. The molecule has 4 rings (SSSR count). The fraction of sp³-hybridized carbons (Fsp3) is 0.318. The number of anilines is 3. The third-order valence-corrected chi connectivity index (χ3v) is 6.09. The van der Waals surface area contributed by atoms with Crippen molar-refractivity contribution in [1.29, 1.82) is 0 Å². The van der Waals surface area contributed by atoms with Gasteiger partial charge >= 0.3 is 0 Å². The second kappa shape index (κ2) is 9.40. The van der Waals surface area contributed by atoms with Gasteiger partial charge in [-0.25, -0.2) is 23.5 Å². The van der Waals surface area contributed by atoms with E-state index in [1.165, 1.54) is 11.9 Å². The first-order valence-corrected chi connectivity index (χ1v) is 12.0. The number of hydrogen-bond acceptors (Lipinski definition) is 7. The number of nitrogens with one attached hydrogen (secondary N) is 1. The van der Waals surface area contributed by atoms with E-state index in [0.717, 1.165) is 32.2 Å². The van der Waals surface area contributed by atoms with Gasteiger partial charge in [-0.1, -0.05) is 42.5 Å². The number of rotatable bonds is 8. The monoisotopic (exact) mass is 438 g/mol. The van der Waals surface area contributed by atoms with Crippen molar-refractivity contribution in [3.63, 3.8) is 0 Å². The molecule has 9 heteroatoms. The number of aryl methyl sites for hydroxylation is 1. The van der Waals surface area contributed by atoms with E-state index in [9.17, 15) is 8.42 Å². The Kier molecular flexibility index (Phi) is 6.43. The highest BCUT2D eigenvalue weighted by Crippen LogP contribution is 2.26. The summed E-state index contributed by atoms with van der Waals surface area (Å²) in [5.41, 5.74) is 2.63. The fourth-order valence-electron chi connectivity index (χ4n) is 3.96. The van der Waals surface area contributed by atoms with Gasteiger partial charge in [0.2, 0.25) is 21.9 Å². The van der Waals surface area contributed by atoms with Crippen LogP contribution in [0, 0.1) is 0 Å². The van der Waals surface area contributed by atoms with Crippen molar-refractivity contribution in [2.45, 2.75) is 37.5 Å². The van der Waals surface area contributed by atoms with Gasteiger partial charge in [-0.2, -0.15) is 4.98 Å². The summed E-state index contributed by atoms with van der Waals surface area (Å²) < 4.78 is 22.7. The zero-order chi connectivity index (χ0) is 21.7. The van der Waals surface area contributed by atoms with Gasteiger partial charge < -0.3 is 10.2 Å². The third-order valence-electron chi connectivity index (χ3n) is 5.35. The zero-order valence-corrected chi connectivity index (χ0v) is 18.0. The van der Waals surface area contributed by atoms with Gasteiger partial charge in [0, 0.05) is 18.3 Å². The lowest BCUT2D eigenvalue weighted by atomic mass is 10.0. The molecular weight excluding hydrogens is 412 g/mol. The standard InChI is InChI=1S/C22H26N6O2S/c23-31(29,30)15-18-8-4-9-19(14-18)26-21-24-16-25-22(27-21)28-13-5-10-20(28)12-11-17-6-2-1-3-7-17/h1-4,6-9,14,16,20H,5,10-13,15H2,(H2,23,29,30)(H,24,25,26,27). The van der Waals surface area contributed by atoms with Crippen molar-refractivity contribution >= 4 is 27.6 Å². The van der Waals surface area contributed by atoms with E-state index in [4.69, 9.17) is 5.14 Å². The van der Waals surface area contributed by atoms with Crippen LogP contribution in [0.4, 0.5) is 17.6 Å². The molecule has 3 aromatic rings. The fourth-order valence-corrected chi connectivity index (χ4v) is 4.61. The van der Waals surface area contributed by atoms with Crippen LogP contribution in [0.3, 0.4) is 0 Å². The Bertz CT molecular complexity index is 1120. The second-order valence-electron chi connectivity index (χ2n) is 7.76. The lowest BCUT2D eigenvalue weighted by Crippen LogP contribution is -2.31. The predicted octanol–water partition coefficient (Wildman–Crippen LogP) is 3.01. The molecule has 2 heterocycles. The number of aromatic nitrogens is 3. The predicted molar refractivity (Wildman–Crippen MR) is 121 cm³/mol. The van der Waals surface area contributed by atoms with Crippen molar-refractivity contribution < 1.29 is 8.42 Å². The van der Waals surface area contributed by atoms with Crippen LogP contribution in [0.2, 0.25) is 0 Å². The van der Waals surface area contributed by atoms with Crippen LogP contribution in [0.15, 0.2) is 60.9 Å². The average molecular weight is 439 g/mol. The topological polar surface area (TPSA) is 114 Å². The molecule has 1 aliphatic rings. The minimum absolute atomic E-state index is 0.220. The van der Waals surface area contributed by atoms with E-state index in [1.807, 2.05) is 12.1 Å². The number of sulfonamides is 1. The Labute approximate surface area is 182 Å². The summed E-state index contributed by atoms with van der Waals surface area (Å²) in [6.07, 6.45) is 5.81. The largest absolute Gasteiger partial charge is 0.338 e. The van der Waals surface area contributed by atoms with E-state index in [0.29, 0.717) is 29.2 Å². The van der Waals surface area contributed by atoms with Crippen LogP contribution >= 0.6 is 0 Å². The molecule has 1 aromatic heterocycles. The quantitative estimate of drug-likeness (QED) is 0.556. The summed E-state index contributed by atoms with van der Waals surface area (Å²) in [5.74, 6) is 0.863. The second-order valence-corrected chi connectivity index (χ2v) is 9.37. The van der Waals surface area contributed by atoms with E-state index in [-0.39, 0.29) is 5.75 Å². The maximum Gasteiger partial charge on any atom is 0.231 e. The molecule has 162 valence electrons. The van der Waals surface area contributed by atoms with Crippen LogP contribution in [-0.4, -0.2) is 36.0 Å². The van der Waals surface area contributed by atoms with Gasteiger partial charge in [0.1, 0.15) is 6.33 Å². The van der Waals surface area contributed by atoms with E-state index < -0.39 is 10.0 Å². The molecule has 3 N–H and O–H groups in total. The van der Waals surface area contributed by atoms with Gasteiger partial charge in [0.05, 0.1) is 5.75 Å². The molecule has 1 unspecified atom stereocenters. The highest BCUT2D eigenvalue weighted by atomic mass is 32.2. The highest BCUT2D eigenvalue weighted by molar-refractivity contribution is 7.88. The summed E-state index contributed by atoms with van der Waals surface area (Å²) in [6, 6.07) is 17.9. The maximum absolute atomic E-state index is 11.4. The zero-order valence-electron chi connectivity index (χ0n) is 17.2. The van der Waals surface area contributed by atoms with Gasteiger partial charge in [-0.05, 0) is 48.9 Å². The summed E-state index contributed by atoms with van der Waals surface area (Å²) in [4.78, 5) is 15.5. The Morgan fingerprint density at radius 1 is 1.06 bits per heavy atom. The molecule has 2 aromatic carbocycles. The van der Waals surface area contributed by atoms with E-state index in [1.54, 1.807) is 18.2 Å². The molecule has 1 saturated heterocycles. The minimum atomic E-state index is -3.59. The molecule has 0 saturated carbocycles. The number of benzene rings is 2. The van der Waals surface area contributed by atoms with E-state index in [2.05, 4.69) is 49.4 Å². The first-order valence-electron chi connectivity index (χ1n) is 10.3.